The van der Waals surface area contributed by atoms with Gasteiger partial charge in [-0.05, 0) is 44.8 Å². The summed E-state index contributed by atoms with van der Waals surface area (Å²) in [5, 5.41) is 5.97. The number of carbonyl (C=O) groups is 1. The van der Waals surface area contributed by atoms with Crippen LogP contribution in [0.15, 0.2) is 42.7 Å². The SMILES string of the molecule is CN(C)CCn1nc(C2CCN(C(=O)c3ccccn3)C2)c2cccnc21. The van der Waals surface area contributed by atoms with Crippen molar-refractivity contribution in [3.05, 3.63) is 54.1 Å². The molecule has 7 heteroatoms. The molecule has 0 spiro atoms. The summed E-state index contributed by atoms with van der Waals surface area (Å²) in [6.07, 6.45) is 4.38. The predicted molar refractivity (Wildman–Crippen MR) is 104 cm³/mol. The predicted octanol–water partition coefficient (Wildman–Crippen LogP) is 2.02. The zero-order valence-electron chi connectivity index (χ0n) is 15.7. The Kier molecular flexibility index (Phi) is 4.85. The van der Waals surface area contributed by atoms with Gasteiger partial charge in [0.2, 0.25) is 0 Å². The summed E-state index contributed by atoms with van der Waals surface area (Å²) >= 11 is 0. The van der Waals surface area contributed by atoms with Crippen molar-refractivity contribution in [2.45, 2.75) is 18.9 Å². The first kappa shape index (κ1) is 17.6. The number of fused-ring (bicyclic) bond motifs is 1. The minimum atomic E-state index is -0.00688. The highest BCUT2D eigenvalue weighted by Gasteiger charge is 2.31. The maximum atomic E-state index is 12.7. The van der Waals surface area contributed by atoms with Gasteiger partial charge in [0.15, 0.2) is 5.65 Å². The molecule has 0 aromatic carbocycles. The highest BCUT2D eigenvalue weighted by molar-refractivity contribution is 5.92. The first-order valence-corrected chi connectivity index (χ1v) is 9.30. The molecular formula is C20H24N6O. The Balaban J connectivity index is 1.57. The summed E-state index contributed by atoms with van der Waals surface area (Å²) in [7, 11) is 4.11. The molecule has 0 aliphatic carbocycles. The van der Waals surface area contributed by atoms with Crippen LogP contribution in [0.3, 0.4) is 0 Å². The summed E-state index contributed by atoms with van der Waals surface area (Å²) < 4.78 is 1.99. The molecule has 0 bridgehead atoms. The van der Waals surface area contributed by atoms with Gasteiger partial charge in [0.25, 0.3) is 5.91 Å². The fourth-order valence-corrected chi connectivity index (χ4v) is 3.61. The van der Waals surface area contributed by atoms with Crippen molar-refractivity contribution in [3.8, 4) is 0 Å². The van der Waals surface area contributed by atoms with Gasteiger partial charge in [-0.1, -0.05) is 6.07 Å². The average Bonchev–Trinajstić information content (AvgIpc) is 3.31. The number of likely N-dealkylation sites (N-methyl/N-ethyl adjacent to an activating group) is 1. The molecule has 1 saturated heterocycles. The van der Waals surface area contributed by atoms with E-state index >= 15 is 0 Å². The number of aromatic nitrogens is 4. The first-order valence-electron chi connectivity index (χ1n) is 9.30. The van der Waals surface area contributed by atoms with Gasteiger partial charge in [-0.15, -0.1) is 0 Å². The average molecular weight is 364 g/mol. The highest BCUT2D eigenvalue weighted by Crippen LogP contribution is 2.31. The lowest BCUT2D eigenvalue weighted by atomic mass is 10.0. The molecule has 1 fully saturated rings. The summed E-state index contributed by atoms with van der Waals surface area (Å²) in [6, 6.07) is 9.48. The van der Waals surface area contributed by atoms with Gasteiger partial charge >= 0.3 is 0 Å². The Morgan fingerprint density at radius 3 is 2.81 bits per heavy atom. The fourth-order valence-electron chi connectivity index (χ4n) is 3.61. The first-order chi connectivity index (χ1) is 13.1. The van der Waals surface area contributed by atoms with Gasteiger partial charge in [0, 0.05) is 43.3 Å². The summed E-state index contributed by atoms with van der Waals surface area (Å²) in [4.78, 5) is 25.4. The van der Waals surface area contributed by atoms with Gasteiger partial charge in [0.05, 0.1) is 12.2 Å². The lowest BCUT2D eigenvalue weighted by molar-refractivity contribution is 0.0785. The molecule has 1 unspecified atom stereocenters. The Morgan fingerprint density at radius 2 is 2.04 bits per heavy atom. The van der Waals surface area contributed by atoms with Gasteiger partial charge in [-0.25, -0.2) is 9.67 Å². The van der Waals surface area contributed by atoms with Crippen LogP contribution >= 0.6 is 0 Å². The second-order valence-electron chi connectivity index (χ2n) is 7.24. The van der Waals surface area contributed by atoms with Crippen molar-refractivity contribution < 1.29 is 4.79 Å². The van der Waals surface area contributed by atoms with Crippen molar-refractivity contribution in [1.82, 2.24) is 29.5 Å². The zero-order chi connectivity index (χ0) is 18.8. The van der Waals surface area contributed by atoms with Gasteiger partial charge in [-0.3, -0.25) is 9.78 Å². The maximum absolute atomic E-state index is 12.7. The number of likely N-dealkylation sites (tertiary alicyclic amines) is 1. The van der Waals surface area contributed by atoms with E-state index in [4.69, 9.17) is 5.10 Å². The van der Waals surface area contributed by atoms with Gasteiger partial charge < -0.3 is 9.80 Å². The third kappa shape index (κ3) is 3.55. The van der Waals surface area contributed by atoms with Crippen LogP contribution in [-0.4, -0.2) is 69.2 Å². The number of hydrogen-bond donors (Lipinski definition) is 0. The van der Waals surface area contributed by atoms with E-state index < -0.39 is 0 Å². The molecule has 0 N–H and O–H groups in total. The van der Waals surface area contributed by atoms with Crippen LogP contribution in [-0.2, 0) is 6.54 Å². The van der Waals surface area contributed by atoms with Crippen LogP contribution in [0.5, 0.6) is 0 Å². The topological polar surface area (TPSA) is 67.2 Å². The molecule has 0 radical (unpaired) electrons. The number of nitrogens with zero attached hydrogens (tertiary/aromatic N) is 6. The molecule has 7 nitrogen and oxygen atoms in total. The smallest absolute Gasteiger partial charge is 0.272 e. The summed E-state index contributed by atoms with van der Waals surface area (Å²) in [5.41, 5.74) is 2.47. The quantitative estimate of drug-likeness (QED) is 0.693. The molecule has 4 heterocycles. The lowest BCUT2D eigenvalue weighted by Crippen LogP contribution is -2.29. The highest BCUT2D eigenvalue weighted by atomic mass is 16.2. The van der Waals surface area contributed by atoms with Crippen LogP contribution in [0, 0.1) is 0 Å². The normalized spacial score (nSPS) is 17.1. The maximum Gasteiger partial charge on any atom is 0.272 e. The fraction of sp³-hybridized carbons (Fsp3) is 0.400. The molecule has 1 aliphatic heterocycles. The van der Waals surface area contributed by atoms with Crippen LogP contribution < -0.4 is 0 Å². The third-order valence-electron chi connectivity index (χ3n) is 5.04. The van der Waals surface area contributed by atoms with E-state index in [0.717, 1.165) is 42.8 Å². The second kappa shape index (κ2) is 7.44. The van der Waals surface area contributed by atoms with Crippen molar-refractivity contribution in [3.63, 3.8) is 0 Å². The molecular weight excluding hydrogens is 340 g/mol. The number of amides is 1. The number of carbonyl (C=O) groups excluding carboxylic acids is 1. The van der Waals surface area contributed by atoms with Crippen LogP contribution in [0.25, 0.3) is 11.0 Å². The van der Waals surface area contributed by atoms with Crippen LogP contribution in [0.2, 0.25) is 0 Å². The van der Waals surface area contributed by atoms with E-state index in [2.05, 4.69) is 35.0 Å². The van der Waals surface area contributed by atoms with E-state index in [1.165, 1.54) is 0 Å². The Labute approximate surface area is 158 Å². The Hall–Kier alpha value is -2.80. The minimum absolute atomic E-state index is 0.00688. The van der Waals surface area contributed by atoms with Crippen molar-refractivity contribution in [2.24, 2.45) is 0 Å². The van der Waals surface area contributed by atoms with Crippen LogP contribution in [0.1, 0.15) is 28.5 Å². The number of rotatable bonds is 5. The standard InChI is InChI=1S/C20H24N6O/c1-24(2)12-13-26-19-16(6-5-10-22-19)18(23-26)15-8-11-25(14-15)20(27)17-7-3-4-9-21-17/h3-7,9-10,15H,8,11-14H2,1-2H3. The van der Waals surface area contributed by atoms with E-state index in [1.807, 2.05) is 34.0 Å². The largest absolute Gasteiger partial charge is 0.337 e. The summed E-state index contributed by atoms with van der Waals surface area (Å²) in [6.45, 7) is 3.10. The zero-order valence-corrected chi connectivity index (χ0v) is 15.7. The van der Waals surface area contributed by atoms with Crippen molar-refractivity contribution >= 4 is 16.9 Å². The molecule has 1 aliphatic rings. The Bertz CT molecular complexity index is 936. The van der Waals surface area contributed by atoms with Crippen LogP contribution in [0.4, 0.5) is 0 Å². The van der Waals surface area contributed by atoms with E-state index in [0.29, 0.717) is 12.2 Å². The van der Waals surface area contributed by atoms with Gasteiger partial charge in [0.1, 0.15) is 5.69 Å². The second-order valence-corrected chi connectivity index (χ2v) is 7.24. The minimum Gasteiger partial charge on any atom is -0.337 e. The third-order valence-corrected chi connectivity index (χ3v) is 5.04. The molecule has 4 rings (SSSR count). The van der Waals surface area contributed by atoms with E-state index in [-0.39, 0.29) is 11.8 Å². The van der Waals surface area contributed by atoms with Crippen molar-refractivity contribution in [2.75, 3.05) is 33.7 Å². The van der Waals surface area contributed by atoms with Gasteiger partial charge in [-0.2, -0.15) is 5.10 Å². The molecule has 1 amide bonds. The number of pyridine rings is 2. The lowest BCUT2D eigenvalue weighted by Gasteiger charge is -2.15. The Morgan fingerprint density at radius 1 is 1.19 bits per heavy atom. The molecule has 3 aromatic heterocycles. The van der Waals surface area contributed by atoms with E-state index in [1.54, 1.807) is 12.3 Å². The molecule has 1 atom stereocenters. The monoisotopic (exact) mass is 364 g/mol. The number of hydrogen-bond acceptors (Lipinski definition) is 5. The van der Waals surface area contributed by atoms with E-state index in [9.17, 15) is 4.79 Å². The molecule has 140 valence electrons. The molecule has 3 aromatic rings. The molecule has 0 saturated carbocycles. The van der Waals surface area contributed by atoms with Crippen molar-refractivity contribution in [1.29, 1.82) is 0 Å². The molecule has 27 heavy (non-hydrogen) atoms. The summed E-state index contributed by atoms with van der Waals surface area (Å²) in [5.74, 6) is 0.220.